The largest absolute Gasteiger partial charge is 0.433 e. The smallest absolute Gasteiger partial charge is 0.387 e. The van der Waals surface area contributed by atoms with Crippen LogP contribution < -0.4 is 10.1 Å². The molecule has 0 fully saturated rings. The van der Waals surface area contributed by atoms with Crippen molar-refractivity contribution in [3.8, 4) is 5.75 Å². The molecule has 2 aromatic rings. The van der Waals surface area contributed by atoms with Gasteiger partial charge in [0.15, 0.2) is 0 Å². The van der Waals surface area contributed by atoms with E-state index in [0.29, 0.717) is 17.8 Å². The zero-order chi connectivity index (χ0) is 19.6. The van der Waals surface area contributed by atoms with Crippen LogP contribution in [0.25, 0.3) is 0 Å². The van der Waals surface area contributed by atoms with Gasteiger partial charge in [-0.1, -0.05) is 16.8 Å². The van der Waals surface area contributed by atoms with Crippen molar-refractivity contribution in [1.29, 1.82) is 0 Å². The third kappa shape index (κ3) is 4.36. The number of aryl methyl sites for hydroxylation is 2. The lowest BCUT2D eigenvalue weighted by atomic mass is 10.1. The minimum atomic E-state index is -2.98. The van der Waals surface area contributed by atoms with Gasteiger partial charge in [0.1, 0.15) is 5.75 Å². The number of oxime groups is 1. The molecule has 27 heavy (non-hydrogen) atoms. The molecule has 0 saturated carbocycles. The first-order valence-corrected chi connectivity index (χ1v) is 8.57. The van der Waals surface area contributed by atoms with Crippen LogP contribution >= 0.6 is 11.6 Å². The van der Waals surface area contributed by atoms with Crippen LogP contribution in [0.1, 0.15) is 24.6 Å². The van der Waals surface area contributed by atoms with Crippen molar-refractivity contribution >= 4 is 28.9 Å². The molecule has 0 bridgehead atoms. The highest BCUT2D eigenvalue weighted by molar-refractivity contribution is 6.32. The second kappa shape index (κ2) is 7.91. The minimum absolute atomic E-state index is 0.0417. The summed E-state index contributed by atoms with van der Waals surface area (Å²) in [5.74, 6) is -0.594. The summed E-state index contributed by atoms with van der Waals surface area (Å²) < 4.78 is 30.6. The maximum absolute atomic E-state index is 12.4. The van der Waals surface area contributed by atoms with E-state index in [0.717, 1.165) is 17.8 Å². The van der Waals surface area contributed by atoms with Gasteiger partial charge in [0.2, 0.25) is 6.10 Å². The Balaban J connectivity index is 1.63. The van der Waals surface area contributed by atoms with Crippen molar-refractivity contribution in [2.45, 2.75) is 39.5 Å². The predicted octanol–water partition coefficient (Wildman–Crippen LogP) is 3.60. The molecule has 2 heterocycles. The van der Waals surface area contributed by atoms with Gasteiger partial charge in [-0.2, -0.15) is 13.9 Å². The number of anilines is 1. The van der Waals surface area contributed by atoms with Crippen LogP contribution in [0.15, 0.2) is 29.6 Å². The standard InChI is InChI=1S/C17H17ClF2N4O3/c1-3-24-8-11(9(2)22-24)13-7-15(27-23-13)16(25)21-10-4-5-14(12(18)6-10)26-17(19)20/h4-6,8,15,17H,3,7H2,1-2H3,(H,21,25). The molecule has 10 heteroatoms. The van der Waals surface area contributed by atoms with Crippen LogP contribution in [-0.4, -0.2) is 34.1 Å². The molecule has 1 N–H and O–H groups in total. The van der Waals surface area contributed by atoms with Gasteiger partial charge in [-0.3, -0.25) is 9.48 Å². The number of carbonyl (C=O) groups excluding carboxylic acids is 1. The second-order valence-electron chi connectivity index (χ2n) is 5.83. The van der Waals surface area contributed by atoms with Crippen LogP contribution in [0, 0.1) is 6.92 Å². The van der Waals surface area contributed by atoms with E-state index < -0.39 is 18.6 Å². The highest BCUT2D eigenvalue weighted by atomic mass is 35.5. The van der Waals surface area contributed by atoms with Crippen LogP contribution in [0.2, 0.25) is 5.02 Å². The maximum Gasteiger partial charge on any atom is 0.387 e. The van der Waals surface area contributed by atoms with Crippen molar-refractivity contribution < 1.29 is 23.1 Å². The first-order valence-electron chi connectivity index (χ1n) is 8.19. The SMILES string of the molecule is CCn1cc(C2=NOC(C(=O)Nc3ccc(OC(F)F)c(Cl)c3)C2)c(C)n1. The molecule has 1 aromatic carbocycles. The van der Waals surface area contributed by atoms with E-state index in [1.165, 1.54) is 18.2 Å². The lowest BCUT2D eigenvalue weighted by Crippen LogP contribution is -2.28. The van der Waals surface area contributed by atoms with Crippen molar-refractivity contribution in [1.82, 2.24) is 9.78 Å². The minimum Gasteiger partial charge on any atom is -0.433 e. The van der Waals surface area contributed by atoms with E-state index in [9.17, 15) is 13.6 Å². The normalized spacial score (nSPS) is 16.2. The summed E-state index contributed by atoms with van der Waals surface area (Å²) in [6.07, 6.45) is 1.35. The molecule has 0 aliphatic carbocycles. The summed E-state index contributed by atoms with van der Waals surface area (Å²) in [5, 5.41) is 10.9. The third-order valence-corrected chi connectivity index (χ3v) is 4.25. The molecule has 1 unspecified atom stereocenters. The van der Waals surface area contributed by atoms with Crippen LogP contribution in [0.4, 0.5) is 14.5 Å². The van der Waals surface area contributed by atoms with E-state index >= 15 is 0 Å². The van der Waals surface area contributed by atoms with Gasteiger partial charge < -0.3 is 14.9 Å². The number of ether oxygens (including phenoxy) is 1. The predicted molar refractivity (Wildman–Crippen MR) is 95.4 cm³/mol. The Morgan fingerprint density at radius 1 is 1.52 bits per heavy atom. The molecule has 1 aliphatic rings. The van der Waals surface area contributed by atoms with Gasteiger partial charge in [-0.05, 0) is 32.0 Å². The number of nitrogens with zero attached hydrogens (tertiary/aromatic N) is 3. The van der Waals surface area contributed by atoms with Crippen molar-refractivity contribution in [2.24, 2.45) is 5.16 Å². The molecule has 1 atom stereocenters. The second-order valence-corrected chi connectivity index (χ2v) is 6.24. The third-order valence-electron chi connectivity index (χ3n) is 3.96. The number of benzene rings is 1. The lowest BCUT2D eigenvalue weighted by Gasteiger charge is -2.11. The Hall–Kier alpha value is -2.68. The molecule has 0 saturated heterocycles. The number of halogens is 3. The molecule has 144 valence electrons. The van der Waals surface area contributed by atoms with Crippen LogP contribution in [-0.2, 0) is 16.2 Å². The highest BCUT2D eigenvalue weighted by Crippen LogP contribution is 2.29. The molecule has 1 aromatic heterocycles. The Bertz CT molecular complexity index is 885. The fraction of sp³-hybridized carbons (Fsp3) is 0.353. The molecule has 1 amide bonds. The quantitative estimate of drug-likeness (QED) is 0.806. The monoisotopic (exact) mass is 398 g/mol. The van der Waals surface area contributed by atoms with E-state index in [-0.39, 0.29) is 10.8 Å². The summed E-state index contributed by atoms with van der Waals surface area (Å²) in [4.78, 5) is 17.6. The Labute approximate surface area is 158 Å². The highest BCUT2D eigenvalue weighted by Gasteiger charge is 2.30. The van der Waals surface area contributed by atoms with Crippen LogP contribution in [0.5, 0.6) is 5.75 Å². The molecular formula is C17H17ClF2N4O3. The molecular weight excluding hydrogens is 382 g/mol. The fourth-order valence-corrected chi connectivity index (χ4v) is 2.86. The van der Waals surface area contributed by atoms with E-state index in [1.54, 1.807) is 4.68 Å². The zero-order valence-corrected chi connectivity index (χ0v) is 15.3. The average Bonchev–Trinajstić information content (AvgIpc) is 3.23. The number of alkyl halides is 2. The number of amides is 1. The molecule has 7 nitrogen and oxygen atoms in total. The summed E-state index contributed by atoms with van der Waals surface area (Å²) >= 11 is 5.88. The van der Waals surface area contributed by atoms with Crippen molar-refractivity contribution in [3.05, 3.63) is 40.7 Å². The van der Waals surface area contributed by atoms with E-state index in [2.05, 4.69) is 20.3 Å². The molecule has 1 aliphatic heterocycles. The fourth-order valence-electron chi connectivity index (χ4n) is 2.63. The maximum atomic E-state index is 12.4. The number of hydrogen-bond donors (Lipinski definition) is 1. The number of hydrogen-bond acceptors (Lipinski definition) is 5. The van der Waals surface area contributed by atoms with Gasteiger partial charge in [0, 0.05) is 30.4 Å². The molecule has 0 spiro atoms. The number of nitrogens with one attached hydrogen (secondary N) is 1. The van der Waals surface area contributed by atoms with E-state index in [1.807, 2.05) is 20.0 Å². The summed E-state index contributed by atoms with van der Waals surface area (Å²) in [6, 6.07) is 3.99. The first kappa shape index (κ1) is 19.1. The van der Waals surface area contributed by atoms with E-state index in [4.69, 9.17) is 16.4 Å². The van der Waals surface area contributed by atoms with Gasteiger partial charge in [0.05, 0.1) is 16.4 Å². The summed E-state index contributed by atoms with van der Waals surface area (Å²) in [7, 11) is 0. The molecule has 0 radical (unpaired) electrons. The Kier molecular flexibility index (Phi) is 5.59. The Morgan fingerprint density at radius 2 is 2.30 bits per heavy atom. The first-order chi connectivity index (χ1) is 12.9. The average molecular weight is 399 g/mol. The zero-order valence-electron chi connectivity index (χ0n) is 14.6. The number of carbonyl (C=O) groups is 1. The Morgan fingerprint density at radius 3 is 2.93 bits per heavy atom. The van der Waals surface area contributed by atoms with Gasteiger partial charge in [0.25, 0.3) is 5.91 Å². The molecule has 3 rings (SSSR count). The van der Waals surface area contributed by atoms with Gasteiger partial charge >= 0.3 is 6.61 Å². The van der Waals surface area contributed by atoms with Crippen molar-refractivity contribution in [3.63, 3.8) is 0 Å². The van der Waals surface area contributed by atoms with Gasteiger partial charge in [-0.15, -0.1) is 0 Å². The van der Waals surface area contributed by atoms with Gasteiger partial charge in [-0.25, -0.2) is 0 Å². The van der Waals surface area contributed by atoms with Crippen molar-refractivity contribution in [2.75, 3.05) is 5.32 Å². The summed E-state index contributed by atoms with van der Waals surface area (Å²) in [5.41, 5.74) is 2.62. The summed E-state index contributed by atoms with van der Waals surface area (Å²) in [6.45, 7) is 1.58. The topological polar surface area (TPSA) is 77.7 Å². The number of aromatic nitrogens is 2. The number of rotatable bonds is 6. The van der Waals surface area contributed by atoms with Crippen LogP contribution in [0.3, 0.4) is 0 Å². The lowest BCUT2D eigenvalue weighted by molar-refractivity contribution is -0.125.